The minimum absolute atomic E-state index is 0.0537. The van der Waals surface area contributed by atoms with Gasteiger partial charge in [-0.3, -0.25) is 10.1 Å². The molecule has 2 rings (SSSR count). The molecule has 0 atom stereocenters. The van der Waals surface area contributed by atoms with Crippen LogP contribution in [0.2, 0.25) is 0 Å². The van der Waals surface area contributed by atoms with E-state index in [2.05, 4.69) is 10.1 Å². The number of nitro groups is 1. The van der Waals surface area contributed by atoms with Crippen molar-refractivity contribution in [1.82, 2.24) is 14.3 Å². The molecule has 1 aromatic rings. The van der Waals surface area contributed by atoms with Crippen molar-refractivity contribution < 1.29 is 4.92 Å². The van der Waals surface area contributed by atoms with Gasteiger partial charge in [0.1, 0.15) is 19.2 Å². The van der Waals surface area contributed by atoms with Crippen molar-refractivity contribution >= 4 is 34.6 Å². The molecule has 2 heterocycles. The molecule has 7 nitrogen and oxygen atoms in total. The van der Waals surface area contributed by atoms with Crippen LogP contribution in [-0.2, 0) is 0 Å². The molecule has 1 aromatic heterocycles. The predicted molar refractivity (Wildman–Crippen MR) is 62.2 cm³/mol. The van der Waals surface area contributed by atoms with Crippen molar-refractivity contribution in [2.45, 2.75) is 11.3 Å². The molecule has 16 heavy (non-hydrogen) atoms. The summed E-state index contributed by atoms with van der Waals surface area (Å²) in [6, 6.07) is 0. The van der Waals surface area contributed by atoms with Gasteiger partial charge in [0.25, 0.3) is 0 Å². The first-order valence-electron chi connectivity index (χ1n) is 4.53. The smallest absolute Gasteiger partial charge is 0.341 e. The zero-order valence-electron chi connectivity index (χ0n) is 8.44. The average Bonchev–Trinajstić information content (AvgIpc) is 2.87. The SMILES string of the molecule is CCN1C=NN(Sc2ncc([N+](=O)[O-])s2)C1. The fraction of sp³-hybridized carbons (Fsp3) is 0.429. The zero-order chi connectivity index (χ0) is 11.5. The highest BCUT2D eigenvalue weighted by atomic mass is 32.2. The van der Waals surface area contributed by atoms with E-state index in [4.69, 9.17) is 0 Å². The van der Waals surface area contributed by atoms with Crippen LogP contribution in [0.4, 0.5) is 5.00 Å². The Morgan fingerprint density at radius 3 is 3.12 bits per heavy atom. The third-order valence-corrected chi connectivity index (χ3v) is 3.79. The fourth-order valence-corrected chi connectivity index (χ4v) is 2.76. The van der Waals surface area contributed by atoms with E-state index in [9.17, 15) is 10.1 Å². The predicted octanol–water partition coefficient (Wildman–Crippen LogP) is 1.60. The van der Waals surface area contributed by atoms with Crippen LogP contribution in [0.5, 0.6) is 0 Å². The molecule has 0 unspecified atom stereocenters. The second-order valence-corrected chi connectivity index (χ2v) is 5.20. The van der Waals surface area contributed by atoms with Gasteiger partial charge in [-0.25, -0.2) is 9.40 Å². The highest BCUT2D eigenvalue weighted by Gasteiger charge is 2.18. The van der Waals surface area contributed by atoms with Gasteiger partial charge in [-0.1, -0.05) is 0 Å². The molecule has 0 spiro atoms. The second-order valence-electron chi connectivity index (χ2n) is 2.94. The van der Waals surface area contributed by atoms with Gasteiger partial charge in [0.2, 0.25) is 0 Å². The van der Waals surface area contributed by atoms with Crippen molar-refractivity contribution in [1.29, 1.82) is 0 Å². The second kappa shape index (κ2) is 4.66. The summed E-state index contributed by atoms with van der Waals surface area (Å²) in [7, 11) is 0. The highest BCUT2D eigenvalue weighted by Crippen LogP contribution is 2.32. The molecule has 0 N–H and O–H groups in total. The largest absolute Gasteiger partial charge is 0.344 e. The molecule has 0 saturated carbocycles. The van der Waals surface area contributed by atoms with Gasteiger partial charge in [0.05, 0.1) is 4.92 Å². The monoisotopic (exact) mass is 259 g/mol. The molecule has 1 aliphatic rings. The van der Waals surface area contributed by atoms with E-state index in [0.29, 0.717) is 11.0 Å². The number of thiazole rings is 1. The Hall–Kier alpha value is -1.35. The number of nitrogens with zero attached hydrogens (tertiary/aromatic N) is 5. The Labute approximate surface area is 100 Å². The lowest BCUT2D eigenvalue weighted by atomic mass is 10.7. The van der Waals surface area contributed by atoms with Gasteiger partial charge < -0.3 is 4.90 Å². The first-order valence-corrected chi connectivity index (χ1v) is 6.12. The molecule has 0 amide bonds. The summed E-state index contributed by atoms with van der Waals surface area (Å²) in [6.45, 7) is 3.60. The van der Waals surface area contributed by atoms with Crippen molar-refractivity contribution in [2.75, 3.05) is 13.2 Å². The van der Waals surface area contributed by atoms with E-state index in [0.717, 1.165) is 17.9 Å². The number of hydrogen-bond acceptors (Lipinski definition) is 8. The lowest BCUT2D eigenvalue weighted by molar-refractivity contribution is -0.380. The molecule has 0 aliphatic carbocycles. The fourth-order valence-electron chi connectivity index (χ4n) is 1.06. The first-order chi connectivity index (χ1) is 7.69. The first kappa shape index (κ1) is 11.1. The minimum Gasteiger partial charge on any atom is -0.341 e. The van der Waals surface area contributed by atoms with Crippen LogP contribution in [0.15, 0.2) is 15.6 Å². The Kier molecular flexibility index (Phi) is 3.25. The van der Waals surface area contributed by atoms with Gasteiger partial charge in [-0.05, 0) is 18.3 Å². The molecule has 0 saturated heterocycles. The van der Waals surface area contributed by atoms with E-state index < -0.39 is 4.92 Å². The van der Waals surface area contributed by atoms with Crippen LogP contribution in [-0.4, -0.2) is 38.8 Å². The van der Waals surface area contributed by atoms with Crippen LogP contribution >= 0.6 is 23.3 Å². The summed E-state index contributed by atoms with van der Waals surface area (Å²) in [4.78, 5) is 16.0. The summed E-state index contributed by atoms with van der Waals surface area (Å²) in [6.07, 6.45) is 3.01. The third kappa shape index (κ3) is 2.42. The summed E-state index contributed by atoms with van der Waals surface area (Å²) < 4.78 is 2.37. The van der Waals surface area contributed by atoms with Crippen molar-refractivity contribution in [3.63, 3.8) is 0 Å². The maximum Gasteiger partial charge on any atom is 0.344 e. The van der Waals surface area contributed by atoms with Crippen molar-refractivity contribution in [3.05, 3.63) is 16.3 Å². The minimum atomic E-state index is -0.437. The van der Waals surface area contributed by atoms with Crippen LogP contribution in [0.3, 0.4) is 0 Å². The van der Waals surface area contributed by atoms with Crippen LogP contribution < -0.4 is 0 Å². The van der Waals surface area contributed by atoms with Crippen LogP contribution in [0.25, 0.3) is 0 Å². The van der Waals surface area contributed by atoms with Gasteiger partial charge >= 0.3 is 5.00 Å². The highest BCUT2D eigenvalue weighted by molar-refractivity contribution is 7.98. The Morgan fingerprint density at radius 2 is 2.56 bits per heavy atom. The molecule has 86 valence electrons. The van der Waals surface area contributed by atoms with E-state index >= 15 is 0 Å². The molecule has 0 radical (unpaired) electrons. The summed E-state index contributed by atoms with van der Waals surface area (Å²) in [5.74, 6) is 0. The average molecular weight is 259 g/mol. The molecule has 0 aromatic carbocycles. The van der Waals surface area contributed by atoms with Crippen LogP contribution in [0.1, 0.15) is 6.92 Å². The van der Waals surface area contributed by atoms with E-state index in [-0.39, 0.29) is 5.00 Å². The van der Waals surface area contributed by atoms with Crippen molar-refractivity contribution in [2.24, 2.45) is 5.10 Å². The Bertz CT molecular complexity index is 421. The van der Waals surface area contributed by atoms with Gasteiger partial charge in [-0.2, -0.15) is 5.10 Å². The molecule has 0 bridgehead atoms. The number of hydrazone groups is 1. The maximum absolute atomic E-state index is 10.5. The summed E-state index contributed by atoms with van der Waals surface area (Å²) in [5, 5.41) is 14.7. The number of aromatic nitrogens is 1. The lowest BCUT2D eigenvalue weighted by Gasteiger charge is -2.14. The molecule has 1 aliphatic heterocycles. The van der Waals surface area contributed by atoms with Crippen molar-refractivity contribution in [3.8, 4) is 0 Å². The van der Waals surface area contributed by atoms with E-state index in [1.54, 1.807) is 10.8 Å². The van der Waals surface area contributed by atoms with Crippen LogP contribution in [0, 0.1) is 10.1 Å². The number of rotatable bonds is 4. The van der Waals surface area contributed by atoms with Gasteiger partial charge in [0.15, 0.2) is 4.34 Å². The molecule has 0 fully saturated rings. The summed E-state index contributed by atoms with van der Waals surface area (Å²) >= 11 is 2.36. The molecular weight excluding hydrogens is 250 g/mol. The third-order valence-electron chi connectivity index (χ3n) is 1.89. The Morgan fingerprint density at radius 1 is 1.75 bits per heavy atom. The normalized spacial score (nSPS) is 14.8. The van der Waals surface area contributed by atoms with Gasteiger partial charge in [-0.15, -0.1) is 0 Å². The van der Waals surface area contributed by atoms with E-state index in [1.165, 1.54) is 18.1 Å². The quantitative estimate of drug-likeness (QED) is 0.464. The topological polar surface area (TPSA) is 74.9 Å². The lowest BCUT2D eigenvalue weighted by Crippen LogP contribution is -2.22. The summed E-state index contributed by atoms with van der Waals surface area (Å²) in [5.41, 5.74) is 0. The standard InChI is InChI=1S/C7H9N5O2S2/c1-2-10-4-9-11(5-10)16-7-8-3-6(15-7)12(13)14/h3-4H,2,5H2,1H3. The Balaban J connectivity index is 1.95. The van der Waals surface area contributed by atoms with Gasteiger partial charge in [0, 0.05) is 18.5 Å². The number of hydrogen-bond donors (Lipinski definition) is 0. The molecular formula is C7H9N5O2S2. The molecule has 9 heteroatoms. The maximum atomic E-state index is 10.5. The van der Waals surface area contributed by atoms with E-state index in [1.807, 2.05) is 11.8 Å². The zero-order valence-corrected chi connectivity index (χ0v) is 10.1.